The molecule has 0 aromatic rings. The van der Waals surface area contributed by atoms with Crippen LogP contribution in [0.2, 0.25) is 0 Å². The number of hydrogen-bond acceptors (Lipinski definition) is 6. The Hall–Kier alpha value is -1.23. The molecule has 9 heteroatoms. The number of esters is 1. The number of ether oxygens (including phenoxy) is 2. The molecule has 0 aliphatic heterocycles. The molecule has 0 fully saturated rings. The van der Waals surface area contributed by atoms with Gasteiger partial charge in [0.2, 0.25) is 0 Å². The smallest absolute Gasteiger partial charge is 0.455 e. The molecule has 0 bridgehead atoms. The largest absolute Gasteiger partial charge is 0.469 e. The zero-order valence-electron chi connectivity index (χ0n) is 13.9. The Balaban J connectivity index is 4.25. The number of rotatable bonds is 10. The Morgan fingerprint density at radius 3 is 2.17 bits per heavy atom. The van der Waals surface area contributed by atoms with E-state index in [0.29, 0.717) is 6.42 Å². The highest BCUT2D eigenvalue weighted by Crippen LogP contribution is 2.36. The monoisotopic (exact) mass is 349 g/mol. The van der Waals surface area contributed by atoms with Crippen molar-refractivity contribution in [2.75, 3.05) is 13.2 Å². The van der Waals surface area contributed by atoms with Gasteiger partial charge in [0.05, 0.1) is 18.8 Å². The van der Waals surface area contributed by atoms with Crippen molar-refractivity contribution in [1.82, 2.24) is 0 Å². The molecule has 132 valence electrons. The van der Waals surface area contributed by atoms with Gasteiger partial charge in [-0.1, -0.05) is 6.58 Å². The first-order valence-corrected chi connectivity index (χ1v) is 8.47. The van der Waals surface area contributed by atoms with Crippen molar-refractivity contribution in [1.29, 1.82) is 5.26 Å². The number of hydrogen-bond donors (Lipinski definition) is 2. The van der Waals surface area contributed by atoms with Gasteiger partial charge in [0.25, 0.3) is 0 Å². The Labute approximate surface area is 136 Å². The molecule has 0 aromatic heterocycles. The fourth-order valence-corrected chi connectivity index (χ4v) is 1.79. The van der Waals surface area contributed by atoms with E-state index >= 15 is 0 Å². The average Bonchev–Trinajstić information content (AvgIpc) is 2.34. The van der Waals surface area contributed by atoms with Crippen LogP contribution in [0.15, 0.2) is 12.2 Å². The van der Waals surface area contributed by atoms with Crippen LogP contribution in [-0.2, 0) is 23.4 Å². The minimum absolute atomic E-state index is 0.141. The molecule has 0 aliphatic rings. The summed E-state index contributed by atoms with van der Waals surface area (Å²) in [6.45, 7) is 10.3. The number of phosphoric acid groups is 1. The quantitative estimate of drug-likeness (QED) is 0.266. The summed E-state index contributed by atoms with van der Waals surface area (Å²) in [5.74, 6) is -0.771. The molecule has 0 radical (unpaired) electrons. The molecule has 8 nitrogen and oxygen atoms in total. The maximum Gasteiger partial charge on any atom is 0.469 e. The molecule has 0 atom stereocenters. The van der Waals surface area contributed by atoms with Crippen molar-refractivity contribution >= 4 is 13.8 Å². The SMILES string of the molecule is C=C(C#N)C(=O)OC(C)(C)CCOC(C)(C)CCOP(=O)(O)O. The first-order chi connectivity index (χ1) is 10.3. The lowest BCUT2D eigenvalue weighted by molar-refractivity contribution is -0.153. The lowest BCUT2D eigenvalue weighted by Crippen LogP contribution is -2.33. The van der Waals surface area contributed by atoms with E-state index < -0.39 is 25.0 Å². The summed E-state index contributed by atoms with van der Waals surface area (Å²) < 4.78 is 25.8. The first-order valence-electron chi connectivity index (χ1n) is 6.94. The summed E-state index contributed by atoms with van der Waals surface area (Å²) in [6, 6.07) is 1.63. The van der Waals surface area contributed by atoms with Crippen LogP contribution in [0.1, 0.15) is 40.5 Å². The fraction of sp³-hybridized carbons (Fsp3) is 0.714. The molecular weight excluding hydrogens is 325 g/mol. The molecule has 0 aliphatic carbocycles. The van der Waals surface area contributed by atoms with E-state index in [-0.39, 0.29) is 25.2 Å². The summed E-state index contributed by atoms with van der Waals surface area (Å²) in [5, 5.41) is 8.58. The van der Waals surface area contributed by atoms with Crippen molar-refractivity contribution in [3.63, 3.8) is 0 Å². The Morgan fingerprint density at radius 1 is 1.17 bits per heavy atom. The number of nitriles is 1. The zero-order chi connectivity index (χ0) is 18.3. The van der Waals surface area contributed by atoms with E-state index in [1.165, 1.54) is 0 Å². The highest BCUT2D eigenvalue weighted by Gasteiger charge is 2.27. The van der Waals surface area contributed by atoms with Gasteiger partial charge in [-0.15, -0.1) is 0 Å². The predicted octanol–water partition coefficient (Wildman–Crippen LogP) is 2.07. The van der Waals surface area contributed by atoms with Crippen molar-refractivity contribution in [2.45, 2.75) is 51.7 Å². The van der Waals surface area contributed by atoms with Crippen LogP contribution in [0.4, 0.5) is 0 Å². The molecule has 0 amide bonds. The Morgan fingerprint density at radius 2 is 1.70 bits per heavy atom. The van der Waals surface area contributed by atoms with E-state index in [1.807, 2.05) is 0 Å². The van der Waals surface area contributed by atoms with E-state index in [4.69, 9.17) is 24.5 Å². The minimum atomic E-state index is -4.48. The van der Waals surface area contributed by atoms with Crippen LogP contribution in [0, 0.1) is 11.3 Å². The number of nitrogens with zero attached hydrogens (tertiary/aromatic N) is 1. The molecule has 23 heavy (non-hydrogen) atoms. The van der Waals surface area contributed by atoms with Gasteiger partial charge in [-0.2, -0.15) is 5.26 Å². The molecule has 0 saturated carbocycles. The molecule has 0 saturated heterocycles. The van der Waals surface area contributed by atoms with Crippen LogP contribution < -0.4 is 0 Å². The van der Waals surface area contributed by atoms with Crippen molar-refractivity contribution in [2.24, 2.45) is 0 Å². The van der Waals surface area contributed by atoms with Gasteiger partial charge < -0.3 is 19.3 Å². The zero-order valence-corrected chi connectivity index (χ0v) is 14.8. The molecule has 0 rings (SSSR count). The van der Waals surface area contributed by atoms with E-state index in [0.717, 1.165) is 0 Å². The van der Waals surface area contributed by atoms with Crippen LogP contribution in [0.3, 0.4) is 0 Å². The van der Waals surface area contributed by atoms with Crippen LogP contribution in [-0.4, -0.2) is 40.2 Å². The highest BCUT2D eigenvalue weighted by molar-refractivity contribution is 7.46. The van der Waals surface area contributed by atoms with Crippen molar-refractivity contribution in [3.05, 3.63) is 12.2 Å². The highest BCUT2D eigenvalue weighted by atomic mass is 31.2. The number of carbonyl (C=O) groups is 1. The standard InChI is InChI=1S/C14H24NO7P/c1-11(10-15)12(16)22-14(4,5)6-8-20-13(2,3)7-9-21-23(17,18)19/h1,6-9H2,2-5H3,(H2,17,18,19). The van der Waals surface area contributed by atoms with Gasteiger partial charge in [-0.25, -0.2) is 9.36 Å². The maximum absolute atomic E-state index is 11.5. The molecule has 0 unspecified atom stereocenters. The normalized spacial score (nSPS) is 12.6. The third-order valence-corrected chi connectivity index (χ3v) is 3.43. The van der Waals surface area contributed by atoms with Crippen LogP contribution in [0.5, 0.6) is 0 Å². The van der Waals surface area contributed by atoms with Crippen LogP contribution in [0.25, 0.3) is 0 Å². The summed E-state index contributed by atoms with van der Waals surface area (Å²) in [7, 11) is -4.48. The van der Waals surface area contributed by atoms with Gasteiger partial charge in [-0.3, -0.25) is 4.52 Å². The first kappa shape index (κ1) is 21.8. The Bertz CT molecular complexity index is 516. The van der Waals surface area contributed by atoms with E-state index in [9.17, 15) is 9.36 Å². The van der Waals surface area contributed by atoms with Gasteiger partial charge in [0.15, 0.2) is 0 Å². The van der Waals surface area contributed by atoms with Crippen molar-refractivity contribution in [3.8, 4) is 6.07 Å². The van der Waals surface area contributed by atoms with Crippen molar-refractivity contribution < 1.29 is 33.1 Å². The second kappa shape index (κ2) is 8.57. The maximum atomic E-state index is 11.5. The number of phosphoric ester groups is 1. The minimum Gasteiger partial charge on any atom is -0.455 e. The summed E-state index contributed by atoms with van der Waals surface area (Å²) in [5.41, 5.74) is -1.77. The van der Waals surface area contributed by atoms with E-state index in [2.05, 4.69) is 11.1 Å². The predicted molar refractivity (Wildman–Crippen MR) is 82.2 cm³/mol. The lowest BCUT2D eigenvalue weighted by Gasteiger charge is -2.29. The third kappa shape index (κ3) is 11.0. The summed E-state index contributed by atoms with van der Waals surface area (Å²) in [4.78, 5) is 28.7. The topological polar surface area (TPSA) is 126 Å². The summed E-state index contributed by atoms with van der Waals surface area (Å²) in [6.07, 6.45) is 0.657. The summed E-state index contributed by atoms with van der Waals surface area (Å²) >= 11 is 0. The molecule has 0 spiro atoms. The van der Waals surface area contributed by atoms with Gasteiger partial charge in [-0.05, 0) is 34.1 Å². The number of carbonyl (C=O) groups excluding carboxylic acids is 1. The Kier molecular flexibility index (Phi) is 8.12. The average molecular weight is 349 g/mol. The van der Waals surface area contributed by atoms with Gasteiger partial charge >= 0.3 is 13.8 Å². The molecule has 2 N–H and O–H groups in total. The van der Waals surface area contributed by atoms with Gasteiger partial charge in [0.1, 0.15) is 17.2 Å². The molecule has 0 aromatic carbocycles. The molecular formula is C14H24NO7P. The fourth-order valence-electron chi connectivity index (χ4n) is 1.46. The van der Waals surface area contributed by atoms with Crippen LogP contribution >= 0.6 is 7.82 Å². The molecule has 0 heterocycles. The third-order valence-electron chi connectivity index (χ3n) is 2.91. The van der Waals surface area contributed by atoms with Gasteiger partial charge in [0, 0.05) is 6.42 Å². The lowest BCUT2D eigenvalue weighted by atomic mass is 10.0. The second-order valence-electron chi connectivity index (χ2n) is 6.17. The second-order valence-corrected chi connectivity index (χ2v) is 7.41. The van der Waals surface area contributed by atoms with E-state index in [1.54, 1.807) is 33.8 Å².